The van der Waals surface area contributed by atoms with Gasteiger partial charge in [-0.05, 0) is 12.5 Å². The van der Waals surface area contributed by atoms with E-state index in [1.807, 2.05) is 12.2 Å². The number of nitrogens with zero attached hydrogens (tertiary/aromatic N) is 1. The maximum atomic E-state index is 10.7. The van der Waals surface area contributed by atoms with Crippen LogP contribution in [0.5, 0.6) is 0 Å². The van der Waals surface area contributed by atoms with Gasteiger partial charge in [0.25, 0.3) is 0 Å². The Kier molecular flexibility index (Phi) is 2.31. The lowest BCUT2D eigenvalue weighted by Crippen LogP contribution is -2.33. The third-order valence-corrected chi connectivity index (χ3v) is 1.71. The van der Waals surface area contributed by atoms with E-state index < -0.39 is 0 Å². The van der Waals surface area contributed by atoms with Crippen LogP contribution in [0, 0.1) is 0 Å². The summed E-state index contributed by atoms with van der Waals surface area (Å²) in [5.41, 5.74) is 6.32. The molecule has 1 heterocycles. The van der Waals surface area contributed by atoms with Crippen molar-refractivity contribution >= 4 is 6.03 Å². The smallest absolute Gasteiger partial charge is 0.319 e. The number of hydrogen-bond acceptors (Lipinski definition) is 1. The van der Waals surface area contributed by atoms with E-state index in [1.54, 1.807) is 6.20 Å². The van der Waals surface area contributed by atoms with E-state index in [1.165, 1.54) is 10.5 Å². The molecule has 0 spiro atoms. The Hall–Kier alpha value is -1.25. The second-order valence-corrected chi connectivity index (χ2v) is 2.49. The Morgan fingerprint density at radius 2 is 2.55 bits per heavy atom. The normalized spacial score (nSPS) is 16.5. The van der Waals surface area contributed by atoms with Gasteiger partial charge in [0.2, 0.25) is 0 Å². The molecule has 2 amide bonds. The summed E-state index contributed by atoms with van der Waals surface area (Å²) < 4.78 is 0. The van der Waals surface area contributed by atoms with Crippen molar-refractivity contribution in [2.24, 2.45) is 5.73 Å². The van der Waals surface area contributed by atoms with Crippen LogP contribution < -0.4 is 5.73 Å². The van der Waals surface area contributed by atoms with E-state index in [0.717, 1.165) is 6.42 Å². The van der Waals surface area contributed by atoms with E-state index in [9.17, 15) is 4.79 Å². The third kappa shape index (κ3) is 1.83. The molecule has 1 rings (SSSR count). The SMILES string of the molecule is CCC1=CC=CN(C(N)=O)C1. The number of amides is 2. The standard InChI is InChI=1S/C8H12N2O/c1-2-7-4-3-5-10(6-7)8(9)11/h3-5H,2,6H2,1H3,(H2,9,11). The molecule has 0 aromatic heterocycles. The van der Waals surface area contributed by atoms with Crippen molar-refractivity contribution in [2.45, 2.75) is 13.3 Å². The minimum atomic E-state index is -0.389. The summed E-state index contributed by atoms with van der Waals surface area (Å²) in [5.74, 6) is 0. The van der Waals surface area contributed by atoms with Gasteiger partial charge in [-0.1, -0.05) is 18.6 Å². The number of primary amides is 1. The monoisotopic (exact) mass is 152 g/mol. The van der Waals surface area contributed by atoms with Crippen LogP contribution in [0.1, 0.15) is 13.3 Å². The molecule has 0 saturated carbocycles. The van der Waals surface area contributed by atoms with Gasteiger partial charge >= 0.3 is 6.03 Å². The van der Waals surface area contributed by atoms with Crippen molar-refractivity contribution < 1.29 is 4.79 Å². The van der Waals surface area contributed by atoms with Gasteiger partial charge in [-0.2, -0.15) is 0 Å². The zero-order valence-electron chi connectivity index (χ0n) is 6.58. The molecule has 0 aromatic carbocycles. The molecule has 60 valence electrons. The summed E-state index contributed by atoms with van der Waals surface area (Å²) in [6.45, 7) is 2.70. The molecular weight excluding hydrogens is 140 g/mol. The molecular formula is C8H12N2O. The van der Waals surface area contributed by atoms with Crippen molar-refractivity contribution in [2.75, 3.05) is 6.54 Å². The summed E-state index contributed by atoms with van der Waals surface area (Å²) >= 11 is 0. The van der Waals surface area contributed by atoms with Gasteiger partial charge in [-0.3, -0.25) is 4.90 Å². The van der Waals surface area contributed by atoms with Gasteiger partial charge < -0.3 is 5.73 Å². The Balaban J connectivity index is 2.62. The second-order valence-electron chi connectivity index (χ2n) is 2.49. The average molecular weight is 152 g/mol. The van der Waals surface area contributed by atoms with E-state index >= 15 is 0 Å². The fraction of sp³-hybridized carbons (Fsp3) is 0.375. The predicted octanol–water partition coefficient (Wildman–Crippen LogP) is 1.23. The van der Waals surface area contributed by atoms with E-state index in [2.05, 4.69) is 6.92 Å². The van der Waals surface area contributed by atoms with Crippen molar-refractivity contribution in [3.05, 3.63) is 23.9 Å². The quantitative estimate of drug-likeness (QED) is 0.603. The number of hydrogen-bond donors (Lipinski definition) is 1. The molecule has 11 heavy (non-hydrogen) atoms. The van der Waals surface area contributed by atoms with Gasteiger partial charge in [-0.25, -0.2) is 4.79 Å². The van der Waals surface area contributed by atoms with Crippen molar-refractivity contribution in [3.63, 3.8) is 0 Å². The molecule has 2 N–H and O–H groups in total. The molecule has 1 aliphatic rings. The van der Waals surface area contributed by atoms with E-state index in [-0.39, 0.29) is 6.03 Å². The Bertz CT molecular complexity index is 218. The highest BCUT2D eigenvalue weighted by atomic mass is 16.2. The first-order chi connectivity index (χ1) is 5.24. The number of allylic oxidation sites excluding steroid dienone is 2. The lowest BCUT2D eigenvalue weighted by atomic mass is 10.1. The zero-order chi connectivity index (χ0) is 8.27. The summed E-state index contributed by atoms with van der Waals surface area (Å²) in [6.07, 6.45) is 6.52. The first-order valence-electron chi connectivity index (χ1n) is 3.66. The van der Waals surface area contributed by atoms with Crippen LogP contribution in [-0.2, 0) is 0 Å². The van der Waals surface area contributed by atoms with Crippen LogP contribution in [0.25, 0.3) is 0 Å². The Morgan fingerprint density at radius 3 is 3.09 bits per heavy atom. The highest BCUT2D eigenvalue weighted by Gasteiger charge is 2.09. The third-order valence-electron chi connectivity index (χ3n) is 1.71. The number of nitrogens with two attached hydrogens (primary N) is 1. The predicted molar refractivity (Wildman–Crippen MR) is 43.8 cm³/mol. The van der Waals surface area contributed by atoms with E-state index in [0.29, 0.717) is 6.54 Å². The summed E-state index contributed by atoms with van der Waals surface area (Å²) in [5, 5.41) is 0. The Morgan fingerprint density at radius 1 is 1.82 bits per heavy atom. The van der Waals surface area contributed by atoms with Crippen LogP contribution >= 0.6 is 0 Å². The van der Waals surface area contributed by atoms with Crippen LogP contribution in [0.4, 0.5) is 4.79 Å². The van der Waals surface area contributed by atoms with Crippen molar-refractivity contribution in [1.29, 1.82) is 0 Å². The molecule has 1 aliphatic heterocycles. The lowest BCUT2D eigenvalue weighted by molar-refractivity contribution is 0.227. The number of carbonyl (C=O) groups is 1. The molecule has 0 bridgehead atoms. The van der Waals surface area contributed by atoms with Gasteiger partial charge in [0.05, 0.1) is 0 Å². The molecule has 0 unspecified atom stereocenters. The lowest BCUT2D eigenvalue weighted by Gasteiger charge is -2.19. The van der Waals surface area contributed by atoms with Crippen molar-refractivity contribution in [1.82, 2.24) is 4.90 Å². The van der Waals surface area contributed by atoms with Gasteiger partial charge in [-0.15, -0.1) is 0 Å². The molecule has 0 radical (unpaired) electrons. The zero-order valence-corrected chi connectivity index (χ0v) is 6.58. The van der Waals surface area contributed by atoms with Crippen LogP contribution in [0.3, 0.4) is 0 Å². The summed E-state index contributed by atoms with van der Waals surface area (Å²) in [4.78, 5) is 12.2. The summed E-state index contributed by atoms with van der Waals surface area (Å²) in [7, 11) is 0. The molecule has 0 saturated heterocycles. The number of rotatable bonds is 1. The molecule has 3 heteroatoms. The second kappa shape index (κ2) is 3.23. The topological polar surface area (TPSA) is 46.3 Å². The maximum absolute atomic E-state index is 10.7. The molecule has 0 fully saturated rings. The van der Waals surface area contributed by atoms with Gasteiger partial charge in [0.1, 0.15) is 0 Å². The molecule has 0 aliphatic carbocycles. The van der Waals surface area contributed by atoms with E-state index in [4.69, 9.17) is 5.73 Å². The molecule has 0 atom stereocenters. The Labute approximate surface area is 66.2 Å². The van der Waals surface area contributed by atoms with Crippen LogP contribution in [-0.4, -0.2) is 17.5 Å². The fourth-order valence-corrected chi connectivity index (χ4v) is 0.988. The maximum Gasteiger partial charge on any atom is 0.319 e. The van der Waals surface area contributed by atoms with Gasteiger partial charge in [0, 0.05) is 12.7 Å². The van der Waals surface area contributed by atoms with Crippen molar-refractivity contribution in [3.8, 4) is 0 Å². The fourth-order valence-electron chi connectivity index (χ4n) is 0.988. The molecule has 3 nitrogen and oxygen atoms in total. The van der Waals surface area contributed by atoms with Gasteiger partial charge in [0.15, 0.2) is 0 Å². The first-order valence-corrected chi connectivity index (χ1v) is 3.66. The van der Waals surface area contributed by atoms with Crippen LogP contribution in [0.2, 0.25) is 0 Å². The average Bonchev–Trinajstić information content (AvgIpc) is 2.05. The number of urea groups is 1. The first kappa shape index (κ1) is 7.85. The van der Waals surface area contributed by atoms with Crippen LogP contribution in [0.15, 0.2) is 23.9 Å². The molecule has 0 aromatic rings. The minimum Gasteiger partial charge on any atom is -0.351 e. The summed E-state index contributed by atoms with van der Waals surface area (Å²) in [6, 6.07) is -0.389. The number of carbonyl (C=O) groups excluding carboxylic acids is 1. The minimum absolute atomic E-state index is 0.389. The highest BCUT2D eigenvalue weighted by Crippen LogP contribution is 2.09. The highest BCUT2D eigenvalue weighted by molar-refractivity contribution is 5.73. The largest absolute Gasteiger partial charge is 0.351 e.